The minimum atomic E-state index is -0.297. The van der Waals surface area contributed by atoms with Crippen molar-refractivity contribution in [3.63, 3.8) is 0 Å². The molecule has 0 aliphatic heterocycles. The molecule has 0 saturated carbocycles. The van der Waals surface area contributed by atoms with E-state index in [1.807, 2.05) is 16.8 Å². The molecule has 0 spiro atoms. The third-order valence-electron chi connectivity index (χ3n) is 2.92. The lowest BCUT2D eigenvalue weighted by molar-refractivity contribution is 0.298. The molecule has 1 aromatic carbocycles. The standard InChI is InChI=1S/C15H12FNO2S/c16-12-3-1-10(2-4-12)15-17-13(5-7-18)14(19-15)11-6-8-20-9-11/h1-4,6,8-9,18H,5,7H2. The molecule has 3 rings (SSSR count). The number of benzene rings is 1. The van der Waals surface area contributed by atoms with E-state index in [-0.39, 0.29) is 12.4 Å². The molecule has 102 valence electrons. The molecule has 5 heteroatoms. The van der Waals surface area contributed by atoms with Gasteiger partial charge in [-0.3, -0.25) is 0 Å². The highest BCUT2D eigenvalue weighted by Gasteiger charge is 2.16. The Morgan fingerprint density at radius 2 is 1.95 bits per heavy atom. The number of oxazole rings is 1. The fourth-order valence-corrected chi connectivity index (χ4v) is 2.60. The predicted molar refractivity (Wildman–Crippen MR) is 76.0 cm³/mol. The van der Waals surface area contributed by atoms with E-state index in [0.717, 1.165) is 5.56 Å². The molecule has 0 unspecified atom stereocenters. The molecule has 0 amide bonds. The highest BCUT2D eigenvalue weighted by molar-refractivity contribution is 7.08. The zero-order valence-corrected chi connectivity index (χ0v) is 11.4. The van der Waals surface area contributed by atoms with E-state index in [0.29, 0.717) is 29.3 Å². The van der Waals surface area contributed by atoms with Gasteiger partial charge in [-0.1, -0.05) is 0 Å². The molecule has 1 N–H and O–H groups in total. The fraction of sp³-hybridized carbons (Fsp3) is 0.133. The van der Waals surface area contributed by atoms with Crippen LogP contribution in [-0.4, -0.2) is 16.7 Å². The Labute approximate surface area is 119 Å². The number of hydrogen-bond acceptors (Lipinski definition) is 4. The molecule has 20 heavy (non-hydrogen) atoms. The van der Waals surface area contributed by atoms with Gasteiger partial charge in [-0.05, 0) is 35.7 Å². The highest BCUT2D eigenvalue weighted by atomic mass is 32.1. The topological polar surface area (TPSA) is 46.3 Å². The van der Waals surface area contributed by atoms with Gasteiger partial charge in [0.25, 0.3) is 0 Å². The molecule has 0 bridgehead atoms. The van der Waals surface area contributed by atoms with Gasteiger partial charge in [-0.2, -0.15) is 11.3 Å². The number of rotatable bonds is 4. The average molecular weight is 289 g/mol. The average Bonchev–Trinajstić information content (AvgIpc) is 3.09. The molecule has 0 radical (unpaired) electrons. The van der Waals surface area contributed by atoms with Crippen LogP contribution in [0.2, 0.25) is 0 Å². The van der Waals surface area contributed by atoms with Gasteiger partial charge in [0.15, 0.2) is 5.76 Å². The summed E-state index contributed by atoms with van der Waals surface area (Å²) in [6, 6.07) is 7.94. The van der Waals surface area contributed by atoms with Crippen LogP contribution in [0.5, 0.6) is 0 Å². The Morgan fingerprint density at radius 3 is 2.60 bits per heavy atom. The molecule has 2 aromatic heterocycles. The molecule has 0 aliphatic carbocycles. The van der Waals surface area contributed by atoms with Crippen molar-refractivity contribution in [1.82, 2.24) is 4.98 Å². The van der Waals surface area contributed by atoms with Crippen molar-refractivity contribution in [3.05, 3.63) is 52.6 Å². The van der Waals surface area contributed by atoms with Gasteiger partial charge in [0.1, 0.15) is 5.82 Å². The Morgan fingerprint density at radius 1 is 1.15 bits per heavy atom. The Balaban J connectivity index is 2.05. The van der Waals surface area contributed by atoms with Crippen LogP contribution < -0.4 is 0 Å². The first-order chi connectivity index (χ1) is 9.78. The monoisotopic (exact) mass is 289 g/mol. The van der Waals surface area contributed by atoms with Crippen LogP contribution in [0.4, 0.5) is 4.39 Å². The summed E-state index contributed by atoms with van der Waals surface area (Å²) in [6.45, 7) is 0.00648. The van der Waals surface area contributed by atoms with Crippen molar-refractivity contribution in [1.29, 1.82) is 0 Å². The van der Waals surface area contributed by atoms with E-state index in [1.165, 1.54) is 12.1 Å². The van der Waals surface area contributed by atoms with E-state index < -0.39 is 0 Å². The number of thiophene rings is 1. The maximum Gasteiger partial charge on any atom is 0.227 e. The number of aliphatic hydroxyl groups excluding tert-OH is 1. The van der Waals surface area contributed by atoms with Gasteiger partial charge in [0.05, 0.1) is 5.69 Å². The predicted octanol–water partition coefficient (Wildman–Crippen LogP) is 3.74. The fourth-order valence-electron chi connectivity index (χ4n) is 1.96. The Bertz CT molecular complexity index is 689. The molecular weight excluding hydrogens is 277 g/mol. The Hall–Kier alpha value is -1.98. The lowest BCUT2D eigenvalue weighted by Crippen LogP contribution is -1.92. The first-order valence-corrected chi connectivity index (χ1v) is 7.11. The van der Waals surface area contributed by atoms with E-state index in [1.54, 1.807) is 23.5 Å². The molecule has 2 heterocycles. The molecule has 0 fully saturated rings. The summed E-state index contributed by atoms with van der Waals surface area (Å²) < 4.78 is 18.7. The molecular formula is C15H12FNO2S. The van der Waals surface area contributed by atoms with Gasteiger partial charge in [0, 0.05) is 29.5 Å². The quantitative estimate of drug-likeness (QED) is 0.795. The maximum atomic E-state index is 12.9. The highest BCUT2D eigenvalue weighted by Crippen LogP contribution is 2.31. The zero-order valence-electron chi connectivity index (χ0n) is 10.5. The largest absolute Gasteiger partial charge is 0.436 e. The van der Waals surface area contributed by atoms with Crippen molar-refractivity contribution in [2.75, 3.05) is 6.61 Å². The number of aliphatic hydroxyl groups is 1. The van der Waals surface area contributed by atoms with E-state index in [2.05, 4.69) is 4.98 Å². The third-order valence-corrected chi connectivity index (χ3v) is 3.60. The van der Waals surface area contributed by atoms with Gasteiger partial charge >= 0.3 is 0 Å². The van der Waals surface area contributed by atoms with Crippen molar-refractivity contribution in [2.24, 2.45) is 0 Å². The van der Waals surface area contributed by atoms with E-state index in [4.69, 9.17) is 9.52 Å². The van der Waals surface area contributed by atoms with Crippen LogP contribution in [-0.2, 0) is 6.42 Å². The molecule has 0 atom stereocenters. The molecule has 0 saturated heterocycles. The number of halogens is 1. The molecule has 3 aromatic rings. The summed E-state index contributed by atoms with van der Waals surface area (Å²) in [5, 5.41) is 13.1. The minimum Gasteiger partial charge on any atom is -0.436 e. The second-order valence-electron chi connectivity index (χ2n) is 4.29. The third kappa shape index (κ3) is 2.50. The van der Waals surface area contributed by atoms with Gasteiger partial charge in [0.2, 0.25) is 5.89 Å². The second-order valence-corrected chi connectivity index (χ2v) is 5.07. The smallest absolute Gasteiger partial charge is 0.227 e. The van der Waals surface area contributed by atoms with Crippen LogP contribution in [0.3, 0.4) is 0 Å². The summed E-state index contributed by atoms with van der Waals surface area (Å²) >= 11 is 1.57. The van der Waals surface area contributed by atoms with Crippen molar-refractivity contribution >= 4 is 11.3 Å². The minimum absolute atomic E-state index is 0.00648. The maximum absolute atomic E-state index is 12.9. The summed E-state index contributed by atoms with van der Waals surface area (Å²) in [5.41, 5.74) is 2.37. The second kappa shape index (κ2) is 5.56. The summed E-state index contributed by atoms with van der Waals surface area (Å²) in [4.78, 5) is 4.41. The van der Waals surface area contributed by atoms with Crippen LogP contribution >= 0.6 is 11.3 Å². The summed E-state index contributed by atoms with van der Waals surface area (Å²) in [5.74, 6) is 0.809. The first kappa shape index (κ1) is 13.0. The van der Waals surface area contributed by atoms with Crippen LogP contribution in [0, 0.1) is 5.82 Å². The van der Waals surface area contributed by atoms with Gasteiger partial charge in [-0.25, -0.2) is 9.37 Å². The van der Waals surface area contributed by atoms with Crippen LogP contribution in [0.15, 0.2) is 45.5 Å². The Kier molecular flexibility index (Phi) is 3.62. The molecule has 0 aliphatic rings. The molecule has 3 nitrogen and oxygen atoms in total. The normalized spacial score (nSPS) is 10.9. The van der Waals surface area contributed by atoms with E-state index >= 15 is 0 Å². The van der Waals surface area contributed by atoms with Crippen LogP contribution in [0.1, 0.15) is 5.69 Å². The van der Waals surface area contributed by atoms with Crippen molar-refractivity contribution < 1.29 is 13.9 Å². The summed E-state index contributed by atoms with van der Waals surface area (Å²) in [7, 11) is 0. The number of aromatic nitrogens is 1. The zero-order chi connectivity index (χ0) is 13.9. The first-order valence-electron chi connectivity index (χ1n) is 6.17. The van der Waals surface area contributed by atoms with E-state index in [9.17, 15) is 4.39 Å². The lowest BCUT2D eigenvalue weighted by Gasteiger charge is -1.95. The van der Waals surface area contributed by atoms with Gasteiger partial charge < -0.3 is 9.52 Å². The van der Waals surface area contributed by atoms with Crippen molar-refractivity contribution in [2.45, 2.75) is 6.42 Å². The van der Waals surface area contributed by atoms with Crippen LogP contribution in [0.25, 0.3) is 22.8 Å². The lowest BCUT2D eigenvalue weighted by atomic mass is 10.2. The summed E-state index contributed by atoms with van der Waals surface area (Å²) in [6.07, 6.45) is 0.426. The van der Waals surface area contributed by atoms with Crippen molar-refractivity contribution in [3.8, 4) is 22.8 Å². The number of hydrogen-bond donors (Lipinski definition) is 1. The SMILES string of the molecule is OCCc1nc(-c2ccc(F)cc2)oc1-c1ccsc1. The number of nitrogens with zero attached hydrogens (tertiary/aromatic N) is 1. The van der Waals surface area contributed by atoms with Gasteiger partial charge in [-0.15, -0.1) is 0 Å².